The third-order valence-corrected chi connectivity index (χ3v) is 5.89. The van der Waals surface area contributed by atoms with E-state index in [9.17, 15) is 5.11 Å². The topological polar surface area (TPSA) is 86.2 Å². The van der Waals surface area contributed by atoms with Crippen LogP contribution in [0.3, 0.4) is 0 Å². The lowest BCUT2D eigenvalue weighted by atomic mass is 10.2. The van der Waals surface area contributed by atoms with E-state index in [1.807, 2.05) is 71.3 Å². The van der Waals surface area contributed by atoms with Crippen molar-refractivity contribution >= 4 is 44.1 Å². The standard InChI is InChI=1S/C27H16N4O3/c32-21-10-4-3-9-20(21)31-19-8-2-1-6-16(19)17-11-13-24(30-26(17)31)34-23-14-12-22-25(29-23)18-7-5-15-28-27(18)33-22/h1-15,32H. The molecule has 162 valence electrons. The molecule has 7 heteroatoms. The van der Waals surface area contributed by atoms with Gasteiger partial charge in [0.25, 0.3) is 0 Å². The summed E-state index contributed by atoms with van der Waals surface area (Å²) in [5.74, 6) is 0.965. The summed E-state index contributed by atoms with van der Waals surface area (Å²) in [4.78, 5) is 13.7. The van der Waals surface area contributed by atoms with E-state index in [2.05, 4.69) is 9.97 Å². The van der Waals surface area contributed by atoms with Gasteiger partial charge in [0.05, 0.1) is 16.6 Å². The molecule has 0 fully saturated rings. The lowest BCUT2D eigenvalue weighted by molar-refractivity contribution is 0.447. The highest BCUT2D eigenvalue weighted by molar-refractivity contribution is 6.08. The zero-order valence-electron chi connectivity index (χ0n) is 17.7. The number of aromatic nitrogens is 4. The number of hydrogen-bond acceptors (Lipinski definition) is 6. The molecule has 7 nitrogen and oxygen atoms in total. The largest absolute Gasteiger partial charge is 0.506 e. The molecule has 0 atom stereocenters. The highest BCUT2D eigenvalue weighted by Crippen LogP contribution is 2.35. The number of benzene rings is 2. The Morgan fingerprint density at radius 3 is 2.47 bits per heavy atom. The van der Waals surface area contributed by atoms with Crippen LogP contribution in [0, 0.1) is 0 Å². The quantitative estimate of drug-likeness (QED) is 0.341. The highest BCUT2D eigenvalue weighted by Gasteiger charge is 2.17. The van der Waals surface area contributed by atoms with Crippen LogP contribution in [-0.4, -0.2) is 24.6 Å². The molecule has 0 aliphatic carbocycles. The molecule has 0 aliphatic heterocycles. The second-order valence-electron chi connectivity index (χ2n) is 7.92. The number of furan rings is 1. The van der Waals surface area contributed by atoms with E-state index in [1.165, 1.54) is 0 Å². The molecule has 0 bridgehead atoms. The number of phenolic OH excluding ortho intramolecular Hbond substituents is 1. The minimum absolute atomic E-state index is 0.172. The predicted octanol–water partition coefficient (Wildman–Crippen LogP) is 6.37. The predicted molar refractivity (Wildman–Crippen MR) is 130 cm³/mol. The molecule has 0 saturated carbocycles. The summed E-state index contributed by atoms with van der Waals surface area (Å²) in [6, 6.07) is 26.4. The second kappa shape index (κ2) is 7.05. The first-order valence-electron chi connectivity index (χ1n) is 10.8. The van der Waals surface area contributed by atoms with Gasteiger partial charge in [-0.3, -0.25) is 4.57 Å². The van der Waals surface area contributed by atoms with Crippen LogP contribution in [0.1, 0.15) is 0 Å². The summed E-state index contributed by atoms with van der Waals surface area (Å²) in [5, 5.41) is 13.4. The van der Waals surface area contributed by atoms with Gasteiger partial charge in [0.2, 0.25) is 17.5 Å². The van der Waals surface area contributed by atoms with Crippen molar-refractivity contribution < 1.29 is 14.3 Å². The number of phenols is 1. The van der Waals surface area contributed by atoms with Crippen LogP contribution in [0.25, 0.3) is 49.8 Å². The van der Waals surface area contributed by atoms with Crippen LogP contribution in [-0.2, 0) is 0 Å². The summed E-state index contributed by atoms with van der Waals surface area (Å²) in [7, 11) is 0. The molecule has 0 unspecified atom stereocenters. The van der Waals surface area contributed by atoms with Gasteiger partial charge in [-0.05, 0) is 42.5 Å². The van der Waals surface area contributed by atoms with Gasteiger partial charge in [-0.2, -0.15) is 4.98 Å². The second-order valence-corrected chi connectivity index (χ2v) is 7.92. The Balaban J connectivity index is 1.40. The lowest BCUT2D eigenvalue weighted by Gasteiger charge is -2.09. The van der Waals surface area contributed by atoms with Crippen molar-refractivity contribution in [1.29, 1.82) is 0 Å². The first-order valence-corrected chi connectivity index (χ1v) is 10.8. The van der Waals surface area contributed by atoms with Crippen molar-refractivity contribution in [2.45, 2.75) is 0 Å². The SMILES string of the molecule is Oc1ccccc1-n1c2ccccc2c2ccc(Oc3ccc4oc5ncccc5c4n3)nc21. The van der Waals surface area contributed by atoms with Gasteiger partial charge in [-0.25, -0.2) is 9.97 Å². The zero-order valence-corrected chi connectivity index (χ0v) is 17.7. The number of pyridine rings is 3. The van der Waals surface area contributed by atoms with E-state index in [4.69, 9.17) is 14.1 Å². The fourth-order valence-electron chi connectivity index (χ4n) is 4.40. The Labute approximate surface area is 192 Å². The molecule has 0 radical (unpaired) electrons. The van der Waals surface area contributed by atoms with E-state index in [0.29, 0.717) is 39.9 Å². The van der Waals surface area contributed by atoms with Gasteiger partial charge in [0.1, 0.15) is 16.9 Å². The maximum atomic E-state index is 10.6. The van der Waals surface area contributed by atoms with Crippen LogP contribution in [0.4, 0.5) is 0 Å². The van der Waals surface area contributed by atoms with Crippen LogP contribution in [0.15, 0.2) is 95.5 Å². The molecule has 0 saturated heterocycles. The van der Waals surface area contributed by atoms with Crippen molar-refractivity contribution in [2.24, 2.45) is 0 Å². The third-order valence-electron chi connectivity index (χ3n) is 5.89. The van der Waals surface area contributed by atoms with E-state index < -0.39 is 0 Å². The average molecular weight is 444 g/mol. The molecular formula is C27H16N4O3. The average Bonchev–Trinajstić information content (AvgIpc) is 3.40. The summed E-state index contributed by atoms with van der Waals surface area (Å²) >= 11 is 0. The van der Waals surface area contributed by atoms with E-state index in [0.717, 1.165) is 21.7 Å². The van der Waals surface area contributed by atoms with Crippen LogP contribution in [0.5, 0.6) is 17.5 Å². The number of aromatic hydroxyl groups is 1. The number of ether oxygens (including phenoxy) is 1. The van der Waals surface area contributed by atoms with Crippen molar-refractivity contribution in [3.63, 3.8) is 0 Å². The minimum atomic E-state index is 0.172. The van der Waals surface area contributed by atoms with Crippen molar-refractivity contribution in [3.05, 3.63) is 91.1 Å². The Hall–Kier alpha value is -4.91. The number of hydrogen-bond donors (Lipinski definition) is 1. The minimum Gasteiger partial charge on any atom is -0.506 e. The van der Waals surface area contributed by atoms with Crippen molar-refractivity contribution in [3.8, 4) is 23.2 Å². The first-order chi connectivity index (χ1) is 16.8. The smallest absolute Gasteiger partial charge is 0.228 e. The number of para-hydroxylation sites is 3. The zero-order chi connectivity index (χ0) is 22.6. The Bertz CT molecular complexity index is 1870. The highest BCUT2D eigenvalue weighted by atomic mass is 16.5. The van der Waals surface area contributed by atoms with Gasteiger partial charge in [-0.15, -0.1) is 0 Å². The van der Waals surface area contributed by atoms with Crippen LogP contribution in [0.2, 0.25) is 0 Å². The Kier molecular flexibility index (Phi) is 3.86. The number of fused-ring (bicyclic) bond motifs is 6. The number of rotatable bonds is 3. The summed E-state index contributed by atoms with van der Waals surface area (Å²) in [6.45, 7) is 0. The monoisotopic (exact) mass is 444 g/mol. The van der Waals surface area contributed by atoms with Crippen LogP contribution < -0.4 is 4.74 Å². The molecule has 34 heavy (non-hydrogen) atoms. The molecule has 5 aromatic heterocycles. The lowest BCUT2D eigenvalue weighted by Crippen LogP contribution is -1.97. The normalized spacial score (nSPS) is 11.6. The van der Waals surface area contributed by atoms with Gasteiger partial charge in [-0.1, -0.05) is 30.3 Å². The fourth-order valence-corrected chi connectivity index (χ4v) is 4.40. The van der Waals surface area contributed by atoms with Gasteiger partial charge in [0.15, 0.2) is 5.58 Å². The van der Waals surface area contributed by atoms with Gasteiger partial charge >= 0.3 is 0 Å². The molecule has 0 aliphatic rings. The van der Waals surface area contributed by atoms with E-state index in [1.54, 1.807) is 24.4 Å². The van der Waals surface area contributed by atoms with Crippen molar-refractivity contribution in [1.82, 2.24) is 19.5 Å². The Morgan fingerprint density at radius 1 is 0.735 bits per heavy atom. The molecule has 7 rings (SSSR count). The molecule has 0 spiro atoms. The van der Waals surface area contributed by atoms with Gasteiger partial charge in [0, 0.05) is 29.1 Å². The molecule has 0 amide bonds. The maximum Gasteiger partial charge on any atom is 0.228 e. The summed E-state index contributed by atoms with van der Waals surface area (Å²) in [5.41, 5.74) is 4.14. The summed E-state index contributed by atoms with van der Waals surface area (Å²) in [6.07, 6.45) is 1.69. The first kappa shape index (κ1) is 18.6. The molecule has 2 aromatic carbocycles. The summed E-state index contributed by atoms with van der Waals surface area (Å²) < 4.78 is 13.8. The molecule has 7 aromatic rings. The van der Waals surface area contributed by atoms with E-state index in [-0.39, 0.29) is 5.75 Å². The molecule has 1 N–H and O–H groups in total. The van der Waals surface area contributed by atoms with Crippen LogP contribution >= 0.6 is 0 Å². The fraction of sp³-hybridized carbons (Fsp3) is 0. The van der Waals surface area contributed by atoms with Gasteiger partial charge < -0.3 is 14.3 Å². The van der Waals surface area contributed by atoms with E-state index >= 15 is 0 Å². The Morgan fingerprint density at radius 2 is 1.53 bits per heavy atom. The molecule has 5 heterocycles. The number of nitrogens with zero attached hydrogens (tertiary/aromatic N) is 4. The molecular weight excluding hydrogens is 428 g/mol. The third kappa shape index (κ3) is 2.74. The van der Waals surface area contributed by atoms with Crippen molar-refractivity contribution in [2.75, 3.05) is 0 Å². The maximum absolute atomic E-state index is 10.6.